The second-order valence-corrected chi connectivity index (χ2v) is 9.15. The molecule has 0 unspecified atom stereocenters. The van der Waals surface area contributed by atoms with Gasteiger partial charge in [0.15, 0.2) is 0 Å². The molecule has 0 aromatic rings. The van der Waals surface area contributed by atoms with Crippen molar-refractivity contribution in [2.75, 3.05) is 5.75 Å². The second-order valence-electron chi connectivity index (χ2n) is 7.63. The van der Waals surface area contributed by atoms with Crippen LogP contribution in [0.15, 0.2) is 0 Å². The Balaban J connectivity index is 0. The number of unbranched alkanes of at least 4 members (excludes halogenated alkanes) is 18. The molecule has 0 amide bonds. The van der Waals surface area contributed by atoms with Crippen molar-refractivity contribution in [3.05, 3.63) is 0 Å². The molecule has 0 saturated carbocycles. The standard InChI is InChI=1S/C21H44O3S.K/c1-2-3-4-5-6-7-8-9-10-11-12-13-14-15-16-17-18-19-20-21-25(22,23)24;/h2-21H2,1H3,(H,22,23,24);/q;+1/p-1. The molecule has 3 nitrogen and oxygen atoms in total. The number of rotatable bonds is 20. The van der Waals surface area contributed by atoms with Gasteiger partial charge in [-0.05, 0) is 6.42 Å². The SMILES string of the molecule is CCCCCCCCCCCCCCCCCCCCCS(=O)(=O)[O-].[K+]. The summed E-state index contributed by atoms with van der Waals surface area (Å²) in [4.78, 5) is 0. The fourth-order valence-electron chi connectivity index (χ4n) is 3.36. The maximum absolute atomic E-state index is 10.5. The Morgan fingerprint density at radius 3 is 0.962 bits per heavy atom. The van der Waals surface area contributed by atoms with E-state index in [1.807, 2.05) is 0 Å². The van der Waals surface area contributed by atoms with Crippen LogP contribution in [0, 0.1) is 0 Å². The molecule has 0 fully saturated rings. The van der Waals surface area contributed by atoms with Gasteiger partial charge in [0.25, 0.3) is 0 Å². The van der Waals surface area contributed by atoms with E-state index in [1.165, 1.54) is 103 Å². The average molecular weight is 415 g/mol. The van der Waals surface area contributed by atoms with Gasteiger partial charge < -0.3 is 4.55 Å². The van der Waals surface area contributed by atoms with Crippen molar-refractivity contribution in [1.82, 2.24) is 0 Å². The van der Waals surface area contributed by atoms with E-state index < -0.39 is 10.1 Å². The van der Waals surface area contributed by atoms with Gasteiger partial charge in [-0.1, -0.05) is 122 Å². The molecule has 0 aliphatic heterocycles. The summed E-state index contributed by atoms with van der Waals surface area (Å²) < 4.78 is 31.4. The average Bonchev–Trinajstić information content (AvgIpc) is 2.56. The quantitative estimate of drug-likeness (QED) is 0.172. The van der Waals surface area contributed by atoms with E-state index in [0.29, 0.717) is 6.42 Å². The Morgan fingerprint density at radius 2 is 0.731 bits per heavy atom. The Kier molecular flexibility index (Phi) is 26.1. The molecule has 5 heteroatoms. The third-order valence-corrected chi connectivity index (χ3v) is 5.79. The monoisotopic (exact) mass is 414 g/mol. The molecule has 0 aliphatic carbocycles. The van der Waals surface area contributed by atoms with Gasteiger partial charge >= 0.3 is 51.4 Å². The summed E-state index contributed by atoms with van der Waals surface area (Å²) in [5.41, 5.74) is 0. The molecule has 0 rings (SSSR count). The van der Waals surface area contributed by atoms with Crippen molar-refractivity contribution in [2.45, 2.75) is 129 Å². The summed E-state index contributed by atoms with van der Waals surface area (Å²) in [6.45, 7) is 2.27. The van der Waals surface area contributed by atoms with Gasteiger partial charge in [0, 0.05) is 5.75 Å². The summed E-state index contributed by atoms with van der Waals surface area (Å²) >= 11 is 0. The number of hydrogen-bond acceptors (Lipinski definition) is 3. The summed E-state index contributed by atoms with van der Waals surface area (Å²) in [7, 11) is -4.00. The first-order chi connectivity index (χ1) is 12.1. The summed E-state index contributed by atoms with van der Waals surface area (Å²) in [6.07, 6.45) is 24.5. The van der Waals surface area contributed by atoms with Crippen molar-refractivity contribution in [3.63, 3.8) is 0 Å². The van der Waals surface area contributed by atoms with Crippen LogP contribution in [0.2, 0.25) is 0 Å². The fraction of sp³-hybridized carbons (Fsp3) is 1.00. The predicted octanol–water partition coefficient (Wildman–Crippen LogP) is 3.97. The predicted molar refractivity (Wildman–Crippen MR) is 108 cm³/mol. The molecule has 0 spiro atoms. The molecule has 0 aromatic heterocycles. The van der Waals surface area contributed by atoms with E-state index in [2.05, 4.69) is 6.92 Å². The van der Waals surface area contributed by atoms with Crippen LogP contribution in [-0.2, 0) is 10.1 Å². The number of hydrogen-bond donors (Lipinski definition) is 0. The van der Waals surface area contributed by atoms with Gasteiger partial charge in [-0.3, -0.25) is 0 Å². The molecule has 0 radical (unpaired) electrons. The van der Waals surface area contributed by atoms with Crippen LogP contribution < -0.4 is 51.4 Å². The molecular formula is C21H43KO3S. The molecule has 0 heterocycles. The summed E-state index contributed by atoms with van der Waals surface area (Å²) in [5, 5.41) is 0. The Labute approximate surface area is 207 Å². The van der Waals surface area contributed by atoms with Crippen LogP contribution in [0.1, 0.15) is 129 Å². The maximum Gasteiger partial charge on any atom is 1.00 e. The summed E-state index contributed by atoms with van der Waals surface area (Å²) in [5.74, 6) is -0.189. The van der Waals surface area contributed by atoms with Crippen LogP contribution in [0.4, 0.5) is 0 Å². The first kappa shape index (κ1) is 29.7. The Morgan fingerprint density at radius 1 is 0.500 bits per heavy atom. The van der Waals surface area contributed by atoms with E-state index in [4.69, 9.17) is 0 Å². The Bertz CT molecular complexity index is 358. The minimum Gasteiger partial charge on any atom is -0.748 e. The van der Waals surface area contributed by atoms with Gasteiger partial charge in [-0.2, -0.15) is 0 Å². The van der Waals surface area contributed by atoms with Gasteiger partial charge in [0.2, 0.25) is 0 Å². The molecule has 0 atom stereocenters. The molecule has 0 N–H and O–H groups in total. The van der Waals surface area contributed by atoms with Gasteiger partial charge in [-0.25, -0.2) is 8.42 Å². The first-order valence-corrected chi connectivity index (χ1v) is 12.6. The van der Waals surface area contributed by atoms with E-state index in [0.717, 1.165) is 12.8 Å². The fourth-order valence-corrected chi connectivity index (χ4v) is 3.91. The molecule has 0 bridgehead atoms. The maximum atomic E-state index is 10.5. The van der Waals surface area contributed by atoms with Gasteiger partial charge in [0.1, 0.15) is 0 Å². The molecule has 26 heavy (non-hydrogen) atoms. The zero-order valence-electron chi connectivity index (χ0n) is 17.8. The second kappa shape index (κ2) is 22.8. The van der Waals surface area contributed by atoms with E-state index in [1.54, 1.807) is 0 Å². The van der Waals surface area contributed by atoms with Crippen molar-refractivity contribution in [3.8, 4) is 0 Å². The van der Waals surface area contributed by atoms with Crippen molar-refractivity contribution < 1.29 is 64.4 Å². The van der Waals surface area contributed by atoms with Crippen LogP contribution in [0.5, 0.6) is 0 Å². The smallest absolute Gasteiger partial charge is 0.748 e. The topological polar surface area (TPSA) is 57.2 Å². The Hall–Kier alpha value is 1.55. The van der Waals surface area contributed by atoms with Crippen LogP contribution >= 0.6 is 0 Å². The summed E-state index contributed by atoms with van der Waals surface area (Å²) in [6, 6.07) is 0. The van der Waals surface area contributed by atoms with Crippen LogP contribution in [0.25, 0.3) is 0 Å². The normalized spacial score (nSPS) is 11.5. The minimum absolute atomic E-state index is 0. The van der Waals surface area contributed by atoms with Crippen LogP contribution in [0.3, 0.4) is 0 Å². The van der Waals surface area contributed by atoms with Gasteiger partial charge in [-0.15, -0.1) is 0 Å². The van der Waals surface area contributed by atoms with Crippen LogP contribution in [-0.4, -0.2) is 18.7 Å². The van der Waals surface area contributed by atoms with Gasteiger partial charge in [0.05, 0.1) is 10.1 Å². The molecule has 0 aromatic carbocycles. The largest absolute Gasteiger partial charge is 1.00 e. The van der Waals surface area contributed by atoms with E-state index >= 15 is 0 Å². The van der Waals surface area contributed by atoms with Crippen molar-refractivity contribution >= 4 is 10.1 Å². The minimum atomic E-state index is -4.00. The van der Waals surface area contributed by atoms with E-state index in [9.17, 15) is 13.0 Å². The van der Waals surface area contributed by atoms with E-state index in [-0.39, 0.29) is 57.1 Å². The molecule has 0 saturated heterocycles. The van der Waals surface area contributed by atoms with Crippen molar-refractivity contribution in [1.29, 1.82) is 0 Å². The first-order valence-electron chi connectivity index (χ1n) is 11.0. The zero-order valence-corrected chi connectivity index (χ0v) is 21.7. The molecular weight excluding hydrogens is 371 g/mol. The van der Waals surface area contributed by atoms with Crippen molar-refractivity contribution in [2.24, 2.45) is 0 Å². The third-order valence-electron chi connectivity index (χ3n) is 5.00. The molecule has 0 aliphatic rings. The third kappa shape index (κ3) is 27.8. The zero-order chi connectivity index (χ0) is 18.6. The molecule has 152 valence electrons.